The highest BCUT2D eigenvalue weighted by Gasteiger charge is 2.26. The Morgan fingerprint density at radius 1 is 1.29 bits per heavy atom. The van der Waals surface area contributed by atoms with Crippen LogP contribution in [0.3, 0.4) is 0 Å². The zero-order chi connectivity index (χ0) is 12.5. The van der Waals surface area contributed by atoms with Crippen LogP contribution in [0.25, 0.3) is 0 Å². The molecule has 0 amide bonds. The van der Waals surface area contributed by atoms with E-state index >= 15 is 0 Å². The molecule has 1 aliphatic carbocycles. The molecule has 1 rings (SSSR count). The molecule has 1 saturated carbocycles. The Morgan fingerprint density at radius 3 is 2.65 bits per heavy atom. The van der Waals surface area contributed by atoms with Crippen molar-refractivity contribution in [2.45, 2.75) is 32.0 Å². The number of aliphatic hydroxyl groups excluding tert-OH is 2. The third kappa shape index (κ3) is 6.95. The maximum atomic E-state index is 9.58. The number of nitrogens with one attached hydrogen (secondary N) is 1. The predicted molar refractivity (Wildman–Crippen MR) is 64.9 cm³/mol. The van der Waals surface area contributed by atoms with E-state index < -0.39 is 6.10 Å². The molecule has 17 heavy (non-hydrogen) atoms. The molecule has 5 nitrogen and oxygen atoms in total. The number of hydrogen-bond acceptors (Lipinski definition) is 5. The van der Waals surface area contributed by atoms with E-state index in [2.05, 4.69) is 5.32 Å². The monoisotopic (exact) mass is 247 g/mol. The van der Waals surface area contributed by atoms with Crippen LogP contribution in [0.1, 0.15) is 19.8 Å². The Hall–Kier alpha value is -0.200. The quantitative estimate of drug-likeness (QED) is 0.465. The van der Waals surface area contributed by atoms with Crippen molar-refractivity contribution >= 4 is 0 Å². The van der Waals surface area contributed by atoms with Crippen LogP contribution in [-0.4, -0.2) is 61.9 Å². The number of aliphatic hydroxyl groups is 2. The van der Waals surface area contributed by atoms with Gasteiger partial charge in [-0.2, -0.15) is 0 Å². The molecule has 0 saturated heterocycles. The summed E-state index contributed by atoms with van der Waals surface area (Å²) in [5, 5.41) is 21.9. The molecule has 1 atom stereocenters. The summed E-state index contributed by atoms with van der Waals surface area (Å²) in [6.07, 6.45) is 1.19. The molecule has 3 N–H and O–H groups in total. The molecular formula is C12H25NO4. The summed E-state index contributed by atoms with van der Waals surface area (Å²) >= 11 is 0. The van der Waals surface area contributed by atoms with Crippen molar-refractivity contribution in [2.24, 2.45) is 5.92 Å². The van der Waals surface area contributed by atoms with Gasteiger partial charge in [0.1, 0.15) is 0 Å². The molecule has 0 aromatic rings. The summed E-state index contributed by atoms with van der Waals surface area (Å²) in [4.78, 5) is 0. The molecule has 1 aliphatic rings. The van der Waals surface area contributed by atoms with E-state index in [0.29, 0.717) is 38.9 Å². The molecule has 0 bridgehead atoms. The Labute approximate surface area is 103 Å². The average Bonchev–Trinajstić information content (AvgIpc) is 2.26. The van der Waals surface area contributed by atoms with Crippen LogP contribution in [0.15, 0.2) is 0 Å². The molecule has 1 fully saturated rings. The normalized spacial score (nSPS) is 25.6. The van der Waals surface area contributed by atoms with Gasteiger partial charge in [-0.15, -0.1) is 0 Å². The summed E-state index contributed by atoms with van der Waals surface area (Å²) in [6, 6.07) is 0. The minimum absolute atomic E-state index is 0.103. The van der Waals surface area contributed by atoms with Crippen molar-refractivity contribution in [1.82, 2.24) is 5.32 Å². The molecule has 0 aromatic heterocycles. The fourth-order valence-corrected chi connectivity index (χ4v) is 1.86. The Balaban J connectivity index is 1.82. The Morgan fingerprint density at radius 2 is 2.00 bits per heavy atom. The van der Waals surface area contributed by atoms with Gasteiger partial charge in [0.25, 0.3) is 0 Å². The summed E-state index contributed by atoms with van der Waals surface area (Å²) in [6.45, 7) is 5.49. The van der Waals surface area contributed by atoms with E-state index in [1.165, 1.54) is 0 Å². The van der Waals surface area contributed by atoms with Gasteiger partial charge in [-0.25, -0.2) is 0 Å². The van der Waals surface area contributed by atoms with Gasteiger partial charge >= 0.3 is 0 Å². The van der Waals surface area contributed by atoms with E-state index in [9.17, 15) is 5.11 Å². The molecule has 102 valence electrons. The number of rotatable bonds is 10. The van der Waals surface area contributed by atoms with Crippen molar-refractivity contribution in [3.63, 3.8) is 0 Å². The second-order valence-electron chi connectivity index (χ2n) is 4.58. The predicted octanol–water partition coefficient (Wildman–Crippen LogP) is -0.239. The van der Waals surface area contributed by atoms with Crippen molar-refractivity contribution in [3.8, 4) is 0 Å². The summed E-state index contributed by atoms with van der Waals surface area (Å²) < 4.78 is 10.4. The van der Waals surface area contributed by atoms with Gasteiger partial charge in [-0.3, -0.25) is 0 Å². The lowest BCUT2D eigenvalue weighted by Gasteiger charge is -2.31. The maximum Gasteiger partial charge on any atom is 0.0897 e. The molecule has 5 heteroatoms. The lowest BCUT2D eigenvalue weighted by Crippen LogP contribution is -2.39. The second kappa shape index (κ2) is 8.83. The Bertz CT molecular complexity index is 185. The minimum Gasteiger partial charge on any atom is -0.393 e. The van der Waals surface area contributed by atoms with Crippen LogP contribution in [0.4, 0.5) is 0 Å². The zero-order valence-electron chi connectivity index (χ0n) is 10.6. The van der Waals surface area contributed by atoms with E-state index in [-0.39, 0.29) is 6.10 Å². The van der Waals surface area contributed by atoms with Gasteiger partial charge in [0.15, 0.2) is 0 Å². The molecular weight excluding hydrogens is 222 g/mol. The fourth-order valence-electron chi connectivity index (χ4n) is 1.86. The number of hydrogen-bond donors (Lipinski definition) is 3. The van der Waals surface area contributed by atoms with Gasteiger partial charge in [0.2, 0.25) is 0 Å². The van der Waals surface area contributed by atoms with Crippen LogP contribution >= 0.6 is 0 Å². The van der Waals surface area contributed by atoms with Crippen LogP contribution in [0, 0.1) is 5.92 Å². The third-order valence-electron chi connectivity index (χ3n) is 2.91. The van der Waals surface area contributed by atoms with Gasteiger partial charge in [-0.05, 0) is 32.2 Å². The lowest BCUT2D eigenvalue weighted by atomic mass is 9.82. The molecule has 1 unspecified atom stereocenters. The van der Waals surface area contributed by atoms with Gasteiger partial charge in [-0.1, -0.05) is 0 Å². The lowest BCUT2D eigenvalue weighted by molar-refractivity contribution is 0.00420. The zero-order valence-corrected chi connectivity index (χ0v) is 10.6. The maximum absolute atomic E-state index is 9.58. The third-order valence-corrected chi connectivity index (χ3v) is 2.91. The number of ether oxygens (including phenoxy) is 2. The van der Waals surface area contributed by atoms with Crippen molar-refractivity contribution < 1.29 is 19.7 Å². The molecule has 0 aromatic carbocycles. The SMILES string of the molecule is CCOCCOCC(O)CNCC1CC(O)C1. The summed E-state index contributed by atoms with van der Waals surface area (Å²) in [5.74, 6) is 0.566. The molecule has 0 heterocycles. The first kappa shape index (κ1) is 14.9. The highest BCUT2D eigenvalue weighted by molar-refractivity contribution is 4.80. The van der Waals surface area contributed by atoms with Crippen LogP contribution in [0.2, 0.25) is 0 Å². The molecule has 0 radical (unpaired) electrons. The van der Waals surface area contributed by atoms with E-state index in [1.54, 1.807) is 0 Å². The molecule has 0 spiro atoms. The smallest absolute Gasteiger partial charge is 0.0897 e. The molecule has 0 aliphatic heterocycles. The van der Waals surface area contributed by atoms with E-state index in [4.69, 9.17) is 14.6 Å². The topological polar surface area (TPSA) is 71.0 Å². The van der Waals surface area contributed by atoms with Crippen molar-refractivity contribution in [3.05, 3.63) is 0 Å². The summed E-state index contributed by atoms with van der Waals surface area (Å²) in [7, 11) is 0. The van der Waals surface area contributed by atoms with E-state index in [0.717, 1.165) is 19.4 Å². The largest absolute Gasteiger partial charge is 0.393 e. The van der Waals surface area contributed by atoms with Crippen LogP contribution in [-0.2, 0) is 9.47 Å². The van der Waals surface area contributed by atoms with Gasteiger partial charge in [0, 0.05) is 13.2 Å². The first-order valence-corrected chi connectivity index (χ1v) is 6.44. The minimum atomic E-state index is -0.471. The van der Waals surface area contributed by atoms with Crippen molar-refractivity contribution in [2.75, 3.05) is 39.5 Å². The first-order chi connectivity index (χ1) is 8.22. The highest BCUT2D eigenvalue weighted by atomic mass is 16.5. The van der Waals surface area contributed by atoms with Crippen LogP contribution < -0.4 is 5.32 Å². The first-order valence-electron chi connectivity index (χ1n) is 6.44. The van der Waals surface area contributed by atoms with E-state index in [1.807, 2.05) is 6.92 Å². The Kier molecular flexibility index (Phi) is 7.72. The van der Waals surface area contributed by atoms with Gasteiger partial charge in [0.05, 0.1) is 32.0 Å². The summed E-state index contributed by atoms with van der Waals surface area (Å²) in [5.41, 5.74) is 0. The fraction of sp³-hybridized carbons (Fsp3) is 1.00. The highest BCUT2D eigenvalue weighted by Crippen LogP contribution is 2.25. The van der Waals surface area contributed by atoms with Crippen LogP contribution in [0.5, 0.6) is 0 Å². The van der Waals surface area contributed by atoms with Gasteiger partial charge < -0.3 is 25.0 Å². The second-order valence-corrected chi connectivity index (χ2v) is 4.58. The van der Waals surface area contributed by atoms with Crippen molar-refractivity contribution in [1.29, 1.82) is 0 Å². The average molecular weight is 247 g/mol. The standard InChI is InChI=1S/C12H25NO4/c1-2-16-3-4-17-9-12(15)8-13-7-10-5-11(14)6-10/h10-15H,2-9H2,1H3.